The van der Waals surface area contributed by atoms with E-state index in [1.165, 1.54) is 0 Å². The van der Waals surface area contributed by atoms with Gasteiger partial charge in [0.25, 0.3) is 0 Å². The van der Waals surface area contributed by atoms with E-state index in [0.29, 0.717) is 44.9 Å². The summed E-state index contributed by atoms with van der Waals surface area (Å²) in [5.41, 5.74) is 4.93. The van der Waals surface area contributed by atoms with Crippen molar-refractivity contribution in [2.45, 2.75) is 25.8 Å². The quantitative estimate of drug-likeness (QED) is 0.273. The Morgan fingerprint density at radius 3 is 2.81 bits per heavy atom. The van der Waals surface area contributed by atoms with Crippen LogP contribution >= 0.6 is 0 Å². The van der Waals surface area contributed by atoms with Gasteiger partial charge in [-0.2, -0.15) is 0 Å². The number of carbonyl (C=O) groups excluding carboxylic acids is 2. The fourth-order valence-corrected chi connectivity index (χ4v) is 3.81. The molecule has 116 valence electrons. The lowest BCUT2D eigenvalue weighted by molar-refractivity contribution is -0.146. The standard InChI is InChI=1S/C13H21N5O3/c1-8-4-13(5-8,10(14)16-21)11(19)17-2-3-18-9(7-17)6-15-12(18)20/h8-9,21H,2-7H2,1H3,(H2,14,16)(H,15,20). The number of hydrogen-bond donors (Lipinski definition) is 3. The van der Waals surface area contributed by atoms with E-state index in [1.54, 1.807) is 9.80 Å². The highest BCUT2D eigenvalue weighted by Crippen LogP contribution is 2.47. The fraction of sp³-hybridized carbons (Fsp3) is 0.769. The highest BCUT2D eigenvalue weighted by atomic mass is 16.4. The average molecular weight is 295 g/mol. The maximum atomic E-state index is 12.8. The van der Waals surface area contributed by atoms with Crippen molar-refractivity contribution in [2.24, 2.45) is 22.2 Å². The Morgan fingerprint density at radius 1 is 1.48 bits per heavy atom. The second-order valence-corrected chi connectivity index (χ2v) is 6.37. The highest BCUT2D eigenvalue weighted by Gasteiger charge is 2.54. The number of oxime groups is 1. The molecule has 1 unspecified atom stereocenters. The van der Waals surface area contributed by atoms with Crippen LogP contribution in [0.25, 0.3) is 0 Å². The second kappa shape index (κ2) is 4.78. The summed E-state index contributed by atoms with van der Waals surface area (Å²) < 4.78 is 0. The van der Waals surface area contributed by atoms with Crippen LogP contribution < -0.4 is 11.1 Å². The van der Waals surface area contributed by atoms with Gasteiger partial charge in [0.2, 0.25) is 5.91 Å². The number of nitrogens with zero attached hydrogens (tertiary/aromatic N) is 3. The summed E-state index contributed by atoms with van der Waals surface area (Å²) in [6.45, 7) is 4.15. The van der Waals surface area contributed by atoms with Gasteiger partial charge in [0, 0.05) is 26.2 Å². The Balaban J connectivity index is 1.75. The molecule has 2 aliphatic heterocycles. The summed E-state index contributed by atoms with van der Waals surface area (Å²) in [5, 5.41) is 14.9. The van der Waals surface area contributed by atoms with Crippen molar-refractivity contribution in [3.8, 4) is 0 Å². The van der Waals surface area contributed by atoms with E-state index >= 15 is 0 Å². The number of nitrogens with two attached hydrogens (primary N) is 1. The molecule has 4 N–H and O–H groups in total. The Hall–Kier alpha value is -1.99. The molecule has 0 spiro atoms. The molecule has 3 aliphatic rings. The summed E-state index contributed by atoms with van der Waals surface area (Å²) in [6.07, 6.45) is 1.23. The van der Waals surface area contributed by atoms with Crippen LogP contribution in [0.4, 0.5) is 4.79 Å². The molecule has 1 atom stereocenters. The van der Waals surface area contributed by atoms with Crippen molar-refractivity contribution >= 4 is 17.8 Å². The van der Waals surface area contributed by atoms with Crippen molar-refractivity contribution in [1.29, 1.82) is 0 Å². The van der Waals surface area contributed by atoms with Crippen molar-refractivity contribution in [3.05, 3.63) is 0 Å². The Labute approximate surface area is 122 Å². The van der Waals surface area contributed by atoms with E-state index in [1.807, 2.05) is 6.92 Å². The van der Waals surface area contributed by atoms with E-state index in [-0.39, 0.29) is 23.8 Å². The smallest absolute Gasteiger partial charge is 0.317 e. The van der Waals surface area contributed by atoms with Crippen LogP contribution in [0.3, 0.4) is 0 Å². The third kappa shape index (κ3) is 2.00. The van der Waals surface area contributed by atoms with Crippen LogP contribution in [0.15, 0.2) is 5.16 Å². The van der Waals surface area contributed by atoms with Gasteiger partial charge in [-0.1, -0.05) is 12.1 Å². The van der Waals surface area contributed by atoms with Gasteiger partial charge in [-0.05, 0) is 18.8 Å². The second-order valence-electron chi connectivity index (χ2n) is 6.37. The summed E-state index contributed by atoms with van der Waals surface area (Å²) in [7, 11) is 0. The molecule has 3 amide bonds. The van der Waals surface area contributed by atoms with Crippen LogP contribution in [-0.4, -0.2) is 65.0 Å². The molecule has 0 aromatic heterocycles. The minimum Gasteiger partial charge on any atom is -0.409 e. The Morgan fingerprint density at radius 2 is 2.19 bits per heavy atom. The Bertz CT molecular complexity index is 500. The molecular weight excluding hydrogens is 274 g/mol. The molecule has 8 nitrogen and oxygen atoms in total. The van der Waals surface area contributed by atoms with Gasteiger partial charge >= 0.3 is 6.03 Å². The van der Waals surface area contributed by atoms with Gasteiger partial charge in [0.05, 0.1) is 6.04 Å². The molecular formula is C13H21N5O3. The minimum atomic E-state index is -0.855. The molecule has 0 radical (unpaired) electrons. The van der Waals surface area contributed by atoms with E-state index in [4.69, 9.17) is 10.9 Å². The lowest BCUT2D eigenvalue weighted by Gasteiger charge is -2.48. The van der Waals surface area contributed by atoms with Crippen LogP contribution in [-0.2, 0) is 4.79 Å². The van der Waals surface area contributed by atoms with E-state index in [0.717, 1.165) is 0 Å². The topological polar surface area (TPSA) is 111 Å². The molecule has 3 rings (SSSR count). The van der Waals surface area contributed by atoms with Gasteiger partial charge in [-0.25, -0.2) is 4.79 Å². The van der Waals surface area contributed by atoms with Crippen LogP contribution in [0, 0.1) is 11.3 Å². The van der Waals surface area contributed by atoms with Crippen LogP contribution in [0.1, 0.15) is 19.8 Å². The predicted molar refractivity (Wildman–Crippen MR) is 74.7 cm³/mol. The number of carbonyl (C=O) groups is 2. The third-order valence-electron chi connectivity index (χ3n) is 4.92. The fourth-order valence-electron chi connectivity index (χ4n) is 3.81. The number of nitrogens with one attached hydrogen (secondary N) is 1. The summed E-state index contributed by atoms with van der Waals surface area (Å²) in [6, 6.07) is -0.0347. The van der Waals surface area contributed by atoms with E-state index in [2.05, 4.69) is 10.5 Å². The Kier molecular flexibility index (Phi) is 3.18. The zero-order chi connectivity index (χ0) is 15.2. The molecule has 1 saturated carbocycles. The number of hydrogen-bond acceptors (Lipinski definition) is 4. The monoisotopic (exact) mass is 295 g/mol. The predicted octanol–water partition coefficient (Wildman–Crippen LogP) is -0.615. The summed E-state index contributed by atoms with van der Waals surface area (Å²) >= 11 is 0. The van der Waals surface area contributed by atoms with Gasteiger partial charge in [0.15, 0.2) is 5.84 Å². The van der Waals surface area contributed by atoms with Gasteiger partial charge in [-0.3, -0.25) is 4.79 Å². The van der Waals surface area contributed by atoms with Crippen molar-refractivity contribution in [1.82, 2.24) is 15.1 Å². The van der Waals surface area contributed by atoms with Crippen LogP contribution in [0.5, 0.6) is 0 Å². The molecule has 0 aromatic rings. The van der Waals surface area contributed by atoms with Gasteiger partial charge in [0.1, 0.15) is 5.41 Å². The molecule has 1 aliphatic carbocycles. The van der Waals surface area contributed by atoms with Gasteiger partial charge < -0.3 is 26.1 Å². The number of amidine groups is 1. The van der Waals surface area contributed by atoms with E-state index < -0.39 is 5.41 Å². The van der Waals surface area contributed by atoms with Crippen molar-refractivity contribution in [2.75, 3.05) is 26.2 Å². The molecule has 0 bridgehead atoms. The number of fused-ring (bicyclic) bond motifs is 1. The molecule has 2 saturated heterocycles. The molecule has 0 aromatic carbocycles. The van der Waals surface area contributed by atoms with Crippen molar-refractivity contribution < 1.29 is 14.8 Å². The lowest BCUT2D eigenvalue weighted by atomic mass is 9.61. The minimum absolute atomic E-state index is 0.00801. The molecule has 21 heavy (non-hydrogen) atoms. The number of urea groups is 1. The first-order valence-corrected chi connectivity index (χ1v) is 7.30. The molecule has 3 fully saturated rings. The SMILES string of the molecule is CC1CC(C(=O)N2CCN3C(=O)NCC3C2)(C(N)=NO)C1. The number of amides is 3. The zero-order valence-electron chi connectivity index (χ0n) is 12.1. The normalized spacial score (nSPS) is 36.0. The first-order valence-electron chi connectivity index (χ1n) is 7.30. The van der Waals surface area contributed by atoms with Crippen molar-refractivity contribution in [3.63, 3.8) is 0 Å². The third-order valence-corrected chi connectivity index (χ3v) is 4.92. The van der Waals surface area contributed by atoms with Gasteiger partial charge in [-0.15, -0.1) is 0 Å². The van der Waals surface area contributed by atoms with E-state index in [9.17, 15) is 9.59 Å². The highest BCUT2D eigenvalue weighted by molar-refractivity contribution is 6.07. The number of piperazine rings is 1. The maximum Gasteiger partial charge on any atom is 0.317 e. The number of rotatable bonds is 2. The maximum absolute atomic E-state index is 12.8. The summed E-state index contributed by atoms with van der Waals surface area (Å²) in [4.78, 5) is 28.0. The van der Waals surface area contributed by atoms with Crippen LogP contribution in [0.2, 0.25) is 0 Å². The first kappa shape index (κ1) is 14.0. The molecule has 2 heterocycles. The molecule has 8 heteroatoms. The summed E-state index contributed by atoms with van der Waals surface area (Å²) in [5.74, 6) is 0.328. The lowest BCUT2D eigenvalue weighted by Crippen LogP contribution is -2.62. The largest absolute Gasteiger partial charge is 0.409 e. The average Bonchev–Trinajstić information content (AvgIpc) is 2.83. The zero-order valence-corrected chi connectivity index (χ0v) is 12.1. The first-order chi connectivity index (χ1) is 9.98.